The molecule has 2 aromatic carbocycles. The second kappa shape index (κ2) is 8.70. The molecule has 4 aromatic rings. The predicted molar refractivity (Wildman–Crippen MR) is 127 cm³/mol. The average molecular weight is 454 g/mol. The third-order valence-corrected chi connectivity index (χ3v) is 5.57. The Morgan fingerprint density at radius 2 is 1.88 bits per heavy atom. The van der Waals surface area contributed by atoms with Gasteiger partial charge in [0, 0.05) is 17.5 Å². The number of aromatic hydroxyl groups is 1. The van der Waals surface area contributed by atoms with Crippen LogP contribution in [0.1, 0.15) is 18.5 Å². The molecule has 9 heteroatoms. The Hall–Kier alpha value is -4.66. The van der Waals surface area contributed by atoms with Crippen LogP contribution < -0.4 is 15.4 Å². The number of allylic oxidation sites excluding steroid dienone is 1. The highest BCUT2D eigenvalue weighted by atomic mass is 16.5. The quantitative estimate of drug-likeness (QED) is 0.418. The maximum Gasteiger partial charge on any atom is 0.255 e. The molecule has 0 radical (unpaired) electrons. The fourth-order valence-corrected chi connectivity index (χ4v) is 3.91. The molecule has 0 unspecified atom stereocenters. The number of carbonyl (C=O) groups excluding carboxylic acids is 1. The van der Waals surface area contributed by atoms with Gasteiger partial charge in [-0.3, -0.25) is 9.78 Å². The van der Waals surface area contributed by atoms with Crippen molar-refractivity contribution in [2.45, 2.75) is 13.0 Å². The van der Waals surface area contributed by atoms with Crippen molar-refractivity contribution < 1.29 is 14.6 Å². The van der Waals surface area contributed by atoms with Crippen molar-refractivity contribution in [1.82, 2.24) is 19.7 Å². The number of rotatable bonds is 5. The summed E-state index contributed by atoms with van der Waals surface area (Å²) in [7, 11) is 1.61. The van der Waals surface area contributed by atoms with Crippen LogP contribution in [0.5, 0.6) is 11.5 Å². The molecule has 1 aliphatic heterocycles. The Morgan fingerprint density at radius 3 is 2.56 bits per heavy atom. The van der Waals surface area contributed by atoms with Crippen LogP contribution in [0.2, 0.25) is 0 Å². The van der Waals surface area contributed by atoms with E-state index in [1.807, 2.05) is 31.2 Å². The lowest BCUT2D eigenvalue weighted by atomic mass is 9.95. The maximum atomic E-state index is 13.5. The van der Waals surface area contributed by atoms with Gasteiger partial charge in [-0.15, -0.1) is 5.10 Å². The first-order chi connectivity index (χ1) is 16.5. The molecule has 9 nitrogen and oxygen atoms in total. The molecule has 34 heavy (non-hydrogen) atoms. The third-order valence-electron chi connectivity index (χ3n) is 5.57. The van der Waals surface area contributed by atoms with E-state index in [0.29, 0.717) is 34.5 Å². The van der Waals surface area contributed by atoms with Crippen molar-refractivity contribution in [3.8, 4) is 22.9 Å². The van der Waals surface area contributed by atoms with Gasteiger partial charge in [-0.05, 0) is 61.0 Å². The normalized spacial score (nSPS) is 14.8. The first-order valence-corrected chi connectivity index (χ1v) is 10.6. The summed E-state index contributed by atoms with van der Waals surface area (Å²) in [6.07, 6.45) is 3.24. The van der Waals surface area contributed by atoms with Crippen molar-refractivity contribution in [2.24, 2.45) is 0 Å². The van der Waals surface area contributed by atoms with E-state index in [0.717, 1.165) is 11.1 Å². The zero-order valence-corrected chi connectivity index (χ0v) is 18.6. The summed E-state index contributed by atoms with van der Waals surface area (Å²) in [6.45, 7) is 1.84. The predicted octanol–water partition coefficient (Wildman–Crippen LogP) is 3.98. The van der Waals surface area contributed by atoms with Gasteiger partial charge in [0.25, 0.3) is 5.91 Å². The van der Waals surface area contributed by atoms with Crippen molar-refractivity contribution in [3.05, 3.63) is 89.9 Å². The molecule has 0 saturated carbocycles. The number of phenolic OH excluding ortho intramolecular Hbond substituents is 1. The number of phenols is 1. The number of nitrogens with one attached hydrogen (secondary N) is 2. The second-order valence-electron chi connectivity index (χ2n) is 7.79. The van der Waals surface area contributed by atoms with Gasteiger partial charge in [0.15, 0.2) is 5.82 Å². The summed E-state index contributed by atoms with van der Waals surface area (Å²) in [5.74, 6) is 1.59. The lowest BCUT2D eigenvalue weighted by Gasteiger charge is -2.28. The van der Waals surface area contributed by atoms with E-state index in [2.05, 4.69) is 20.6 Å². The fourth-order valence-electron chi connectivity index (χ4n) is 3.91. The number of hydrogen-bond acceptors (Lipinski definition) is 7. The molecule has 5 rings (SSSR count). The lowest BCUT2D eigenvalue weighted by molar-refractivity contribution is -0.113. The molecule has 0 spiro atoms. The monoisotopic (exact) mass is 454 g/mol. The summed E-state index contributed by atoms with van der Waals surface area (Å²) < 4.78 is 7.01. The van der Waals surface area contributed by atoms with Gasteiger partial charge >= 0.3 is 0 Å². The Morgan fingerprint density at radius 1 is 1.12 bits per heavy atom. The highest BCUT2D eigenvalue weighted by Crippen LogP contribution is 2.37. The number of fused-ring (bicyclic) bond motifs is 1. The van der Waals surface area contributed by atoms with Gasteiger partial charge in [0.2, 0.25) is 5.95 Å². The summed E-state index contributed by atoms with van der Waals surface area (Å²) in [5.41, 5.74) is 3.36. The number of nitrogens with zero attached hydrogens (tertiary/aromatic N) is 4. The molecule has 0 saturated heterocycles. The van der Waals surface area contributed by atoms with Crippen LogP contribution in [0.4, 0.5) is 11.6 Å². The molecule has 3 N–H and O–H groups in total. The van der Waals surface area contributed by atoms with Crippen LogP contribution in [-0.4, -0.2) is 37.9 Å². The average Bonchev–Trinajstić information content (AvgIpc) is 3.27. The van der Waals surface area contributed by atoms with Crippen molar-refractivity contribution >= 4 is 17.5 Å². The highest BCUT2D eigenvalue weighted by Gasteiger charge is 2.34. The largest absolute Gasteiger partial charge is 0.508 e. The summed E-state index contributed by atoms with van der Waals surface area (Å²) in [4.78, 5) is 22.2. The smallest absolute Gasteiger partial charge is 0.255 e. The molecule has 1 aliphatic rings. The Labute approximate surface area is 195 Å². The minimum absolute atomic E-state index is 0.161. The van der Waals surface area contributed by atoms with E-state index in [9.17, 15) is 9.90 Å². The fraction of sp³-hybridized carbons (Fsp3) is 0.120. The van der Waals surface area contributed by atoms with Crippen molar-refractivity contribution in [2.75, 3.05) is 17.7 Å². The first-order valence-electron chi connectivity index (χ1n) is 10.6. The first kappa shape index (κ1) is 21.2. The number of ether oxygens (including phenoxy) is 1. The molecule has 0 fully saturated rings. The zero-order valence-electron chi connectivity index (χ0n) is 18.6. The van der Waals surface area contributed by atoms with Gasteiger partial charge in [0.1, 0.15) is 17.5 Å². The minimum atomic E-state index is -0.530. The molecule has 0 aliphatic carbocycles. The van der Waals surface area contributed by atoms with Gasteiger partial charge in [-0.25, -0.2) is 4.68 Å². The second-order valence-corrected chi connectivity index (χ2v) is 7.79. The minimum Gasteiger partial charge on any atom is -0.508 e. The van der Waals surface area contributed by atoms with Gasteiger partial charge in [-0.2, -0.15) is 4.98 Å². The molecule has 170 valence electrons. The topological polar surface area (TPSA) is 114 Å². The Kier molecular flexibility index (Phi) is 5.43. The SMILES string of the molecule is COc1ccc([C@H]2C(C(=O)Nc3cccnc3)=C(C)Nc3nc(-c4ccc(O)cc4)nn32)cc1. The number of anilines is 2. The van der Waals surface area contributed by atoms with Gasteiger partial charge in [-0.1, -0.05) is 12.1 Å². The number of carbonyl (C=O) groups is 1. The molecule has 1 atom stereocenters. The summed E-state index contributed by atoms with van der Waals surface area (Å²) in [5, 5.41) is 20.5. The lowest BCUT2D eigenvalue weighted by Crippen LogP contribution is -2.31. The van der Waals surface area contributed by atoms with Crippen LogP contribution in [0, 0.1) is 0 Å². The number of benzene rings is 2. The van der Waals surface area contributed by atoms with E-state index in [-0.39, 0.29) is 11.7 Å². The third kappa shape index (κ3) is 3.95. The van der Waals surface area contributed by atoms with Crippen LogP contribution in [0.25, 0.3) is 11.4 Å². The molecule has 2 aromatic heterocycles. The number of methoxy groups -OCH3 is 1. The standard InChI is InChI=1S/C25H22N6O3/c1-15-21(24(33)28-18-4-3-13-26-14-18)22(16-7-11-20(34-2)12-8-16)31-25(27-15)29-23(30-31)17-5-9-19(32)10-6-17/h3-14,22,32H,1-2H3,(H,28,33)(H,27,29,30)/t22-/m0/s1. The molecule has 1 amide bonds. The number of hydrogen-bond donors (Lipinski definition) is 3. The Bertz CT molecular complexity index is 1360. The number of amides is 1. The number of pyridine rings is 1. The van der Waals surface area contributed by atoms with Crippen LogP contribution in [0.15, 0.2) is 84.3 Å². The van der Waals surface area contributed by atoms with Crippen molar-refractivity contribution in [3.63, 3.8) is 0 Å². The maximum absolute atomic E-state index is 13.5. The van der Waals surface area contributed by atoms with E-state index in [1.54, 1.807) is 60.6 Å². The summed E-state index contributed by atoms with van der Waals surface area (Å²) >= 11 is 0. The molecular formula is C25H22N6O3. The van der Waals surface area contributed by atoms with Crippen LogP contribution >= 0.6 is 0 Å². The Balaban J connectivity index is 1.59. The zero-order chi connectivity index (χ0) is 23.7. The van der Waals surface area contributed by atoms with Crippen molar-refractivity contribution in [1.29, 1.82) is 0 Å². The van der Waals surface area contributed by atoms with E-state index >= 15 is 0 Å². The van der Waals surface area contributed by atoms with Crippen LogP contribution in [-0.2, 0) is 4.79 Å². The molecule has 3 heterocycles. The molecular weight excluding hydrogens is 432 g/mol. The molecule has 0 bridgehead atoms. The van der Waals surface area contributed by atoms with Gasteiger partial charge < -0.3 is 20.5 Å². The van der Waals surface area contributed by atoms with Crippen LogP contribution in [0.3, 0.4) is 0 Å². The van der Waals surface area contributed by atoms with E-state index in [1.165, 1.54) is 0 Å². The van der Waals surface area contributed by atoms with E-state index in [4.69, 9.17) is 9.84 Å². The summed E-state index contributed by atoms with van der Waals surface area (Å²) in [6, 6.07) is 17.2. The van der Waals surface area contributed by atoms with Gasteiger partial charge in [0.05, 0.1) is 24.6 Å². The highest BCUT2D eigenvalue weighted by molar-refractivity contribution is 6.05. The number of aromatic nitrogens is 4. The van der Waals surface area contributed by atoms with E-state index < -0.39 is 6.04 Å².